The van der Waals surface area contributed by atoms with Crippen LogP contribution in [0.1, 0.15) is 56.2 Å². The summed E-state index contributed by atoms with van der Waals surface area (Å²) in [5.74, 6) is 0.314. The summed E-state index contributed by atoms with van der Waals surface area (Å²) in [6, 6.07) is 18.3. The van der Waals surface area contributed by atoms with Crippen LogP contribution >= 0.6 is 0 Å². The van der Waals surface area contributed by atoms with Gasteiger partial charge in [-0.05, 0) is 86.5 Å². The fourth-order valence-electron chi connectivity index (χ4n) is 5.84. The van der Waals surface area contributed by atoms with Gasteiger partial charge in [-0.1, -0.05) is 48.0 Å². The van der Waals surface area contributed by atoms with Gasteiger partial charge in [-0.25, -0.2) is 0 Å². The van der Waals surface area contributed by atoms with E-state index in [-0.39, 0.29) is 0 Å². The largest absolute Gasteiger partial charge is 0.371 e. The average Bonchev–Trinajstić information content (AvgIpc) is 3.34. The molecule has 0 N–H and O–H groups in total. The Labute approximate surface area is 217 Å². The van der Waals surface area contributed by atoms with E-state index in [4.69, 9.17) is 0 Å². The lowest BCUT2D eigenvalue weighted by atomic mass is 9.99. The quantitative estimate of drug-likeness (QED) is 0.451. The molecule has 4 heteroatoms. The van der Waals surface area contributed by atoms with E-state index < -0.39 is 0 Å². The molecule has 2 heterocycles. The molecule has 2 saturated heterocycles. The molecule has 0 unspecified atom stereocenters. The van der Waals surface area contributed by atoms with Crippen molar-refractivity contribution < 1.29 is 4.79 Å². The Kier molecular flexibility index (Phi) is 8.03. The molecule has 5 rings (SSSR count). The van der Waals surface area contributed by atoms with Crippen LogP contribution in [-0.2, 0) is 11.2 Å². The van der Waals surface area contributed by atoms with Gasteiger partial charge in [-0.3, -0.25) is 9.69 Å². The monoisotopic (exact) mass is 483 g/mol. The van der Waals surface area contributed by atoms with Gasteiger partial charge < -0.3 is 9.80 Å². The fraction of sp³-hybridized carbons (Fsp3) is 0.469. The lowest BCUT2D eigenvalue weighted by Crippen LogP contribution is -2.48. The lowest BCUT2D eigenvalue weighted by Gasteiger charge is -2.36. The third kappa shape index (κ3) is 6.16. The number of piperidine rings is 1. The number of carbonyl (C=O) groups is 1. The minimum Gasteiger partial charge on any atom is -0.371 e. The summed E-state index contributed by atoms with van der Waals surface area (Å²) in [6.07, 6.45) is 8.94. The SMILES string of the molecule is CC(C)N1CCN(CCCC(=O)C=C2CCN(c3cccc(C4=Cc5ccccc5C4)c3)CC2)CC1. The smallest absolute Gasteiger partial charge is 0.155 e. The summed E-state index contributed by atoms with van der Waals surface area (Å²) in [6.45, 7) is 12.1. The Bertz CT molecular complexity index is 1110. The molecule has 0 aromatic heterocycles. The number of hydrogen-bond donors (Lipinski definition) is 0. The van der Waals surface area contributed by atoms with Gasteiger partial charge >= 0.3 is 0 Å². The zero-order valence-corrected chi connectivity index (χ0v) is 22.1. The Morgan fingerprint density at radius 3 is 2.47 bits per heavy atom. The second kappa shape index (κ2) is 11.6. The topological polar surface area (TPSA) is 26.8 Å². The lowest BCUT2D eigenvalue weighted by molar-refractivity contribution is -0.114. The average molecular weight is 484 g/mol. The number of hydrogen-bond acceptors (Lipinski definition) is 4. The van der Waals surface area contributed by atoms with E-state index in [1.165, 1.54) is 33.5 Å². The number of nitrogens with zero attached hydrogens (tertiary/aromatic N) is 3. The Morgan fingerprint density at radius 2 is 1.72 bits per heavy atom. The van der Waals surface area contributed by atoms with Crippen LogP contribution in [0.25, 0.3) is 11.6 Å². The molecule has 3 aliphatic rings. The predicted molar refractivity (Wildman–Crippen MR) is 151 cm³/mol. The first-order chi connectivity index (χ1) is 17.5. The van der Waals surface area contributed by atoms with Crippen LogP contribution in [-0.4, -0.2) is 67.4 Å². The third-order valence-electron chi connectivity index (χ3n) is 8.15. The predicted octanol–water partition coefficient (Wildman–Crippen LogP) is 5.69. The minimum absolute atomic E-state index is 0.314. The summed E-state index contributed by atoms with van der Waals surface area (Å²) in [7, 11) is 0. The van der Waals surface area contributed by atoms with Gasteiger partial charge in [0, 0.05) is 57.4 Å². The van der Waals surface area contributed by atoms with Crippen LogP contribution in [0.5, 0.6) is 0 Å². The molecule has 0 spiro atoms. The highest BCUT2D eigenvalue weighted by Gasteiger charge is 2.20. The molecule has 190 valence electrons. The molecule has 0 amide bonds. The van der Waals surface area contributed by atoms with E-state index in [2.05, 4.69) is 83.2 Å². The number of ketones is 1. The number of carbonyl (C=O) groups excluding carboxylic acids is 1. The number of fused-ring (bicyclic) bond motifs is 1. The minimum atomic E-state index is 0.314. The summed E-state index contributed by atoms with van der Waals surface area (Å²) in [5.41, 5.74) is 8.13. The van der Waals surface area contributed by atoms with Gasteiger partial charge in [0.25, 0.3) is 0 Å². The van der Waals surface area contributed by atoms with Crippen molar-refractivity contribution in [3.63, 3.8) is 0 Å². The Balaban J connectivity index is 1.07. The zero-order chi connectivity index (χ0) is 24.9. The molecular formula is C32H41N3O. The summed E-state index contributed by atoms with van der Waals surface area (Å²) in [5, 5.41) is 0. The molecule has 2 aromatic carbocycles. The van der Waals surface area contributed by atoms with Crippen LogP contribution in [0.4, 0.5) is 5.69 Å². The summed E-state index contributed by atoms with van der Waals surface area (Å²) in [4.78, 5) is 20.1. The molecular weight excluding hydrogens is 442 g/mol. The van der Waals surface area contributed by atoms with Crippen molar-refractivity contribution >= 4 is 23.1 Å². The number of piperazine rings is 1. The molecule has 2 aromatic rings. The van der Waals surface area contributed by atoms with E-state index in [1.54, 1.807) is 0 Å². The van der Waals surface area contributed by atoms with Crippen LogP contribution in [0.2, 0.25) is 0 Å². The first-order valence-electron chi connectivity index (χ1n) is 13.9. The van der Waals surface area contributed by atoms with Gasteiger partial charge in [0.15, 0.2) is 5.78 Å². The van der Waals surface area contributed by atoms with Gasteiger partial charge in [0.1, 0.15) is 0 Å². The third-order valence-corrected chi connectivity index (χ3v) is 8.15. The maximum absolute atomic E-state index is 12.6. The number of allylic oxidation sites excluding steroid dienone is 2. The van der Waals surface area contributed by atoms with Crippen molar-refractivity contribution in [2.24, 2.45) is 0 Å². The Hall–Kier alpha value is -2.69. The van der Waals surface area contributed by atoms with Crippen LogP contribution < -0.4 is 4.90 Å². The van der Waals surface area contributed by atoms with Crippen LogP contribution in [0, 0.1) is 0 Å². The highest BCUT2D eigenvalue weighted by atomic mass is 16.1. The van der Waals surface area contributed by atoms with Crippen molar-refractivity contribution in [3.05, 3.63) is 76.9 Å². The van der Waals surface area contributed by atoms with Gasteiger partial charge in [0.05, 0.1) is 0 Å². The van der Waals surface area contributed by atoms with Crippen LogP contribution in [0.15, 0.2) is 60.2 Å². The zero-order valence-electron chi connectivity index (χ0n) is 22.1. The number of benzene rings is 2. The normalized spacial score (nSPS) is 18.9. The fourth-order valence-corrected chi connectivity index (χ4v) is 5.84. The van der Waals surface area contributed by atoms with E-state index >= 15 is 0 Å². The molecule has 0 atom stereocenters. The maximum atomic E-state index is 12.6. The molecule has 1 aliphatic carbocycles. The first-order valence-corrected chi connectivity index (χ1v) is 13.9. The van der Waals surface area contributed by atoms with Crippen molar-refractivity contribution in [1.82, 2.24) is 9.80 Å². The number of rotatable bonds is 8. The highest BCUT2D eigenvalue weighted by molar-refractivity contribution is 5.90. The van der Waals surface area contributed by atoms with E-state index in [9.17, 15) is 4.79 Å². The maximum Gasteiger partial charge on any atom is 0.155 e. The van der Waals surface area contributed by atoms with Crippen molar-refractivity contribution in [1.29, 1.82) is 0 Å². The van der Waals surface area contributed by atoms with E-state index in [1.807, 2.05) is 6.08 Å². The molecule has 0 saturated carbocycles. The van der Waals surface area contributed by atoms with Crippen LogP contribution in [0.3, 0.4) is 0 Å². The highest BCUT2D eigenvalue weighted by Crippen LogP contribution is 2.33. The molecule has 0 bridgehead atoms. The standard InChI is InChI=1S/C32H41N3O/c1-25(2)34-19-17-33(18-20-34)14-6-11-32(36)21-26-12-15-35(16-13-26)31-10-5-9-29(24-31)30-22-27-7-3-4-8-28(27)23-30/h3-5,7-10,21-22,24-25H,6,11-20,23H2,1-2H3. The summed E-state index contributed by atoms with van der Waals surface area (Å²) < 4.78 is 0. The molecule has 2 fully saturated rings. The van der Waals surface area contributed by atoms with Gasteiger partial charge in [-0.15, -0.1) is 0 Å². The van der Waals surface area contributed by atoms with Gasteiger partial charge in [-0.2, -0.15) is 0 Å². The molecule has 2 aliphatic heterocycles. The van der Waals surface area contributed by atoms with Gasteiger partial charge in [0.2, 0.25) is 0 Å². The number of anilines is 1. The first kappa shape index (κ1) is 25.0. The Morgan fingerprint density at radius 1 is 0.944 bits per heavy atom. The van der Waals surface area contributed by atoms with E-state index in [0.717, 1.165) is 71.5 Å². The summed E-state index contributed by atoms with van der Waals surface area (Å²) >= 11 is 0. The molecule has 36 heavy (non-hydrogen) atoms. The molecule has 0 radical (unpaired) electrons. The van der Waals surface area contributed by atoms with E-state index in [0.29, 0.717) is 18.2 Å². The second-order valence-electron chi connectivity index (χ2n) is 10.9. The second-order valence-corrected chi connectivity index (χ2v) is 10.9. The van der Waals surface area contributed by atoms with Crippen molar-refractivity contribution in [2.75, 3.05) is 50.7 Å². The molecule has 4 nitrogen and oxygen atoms in total. The van der Waals surface area contributed by atoms with Crippen molar-refractivity contribution in [3.8, 4) is 0 Å². The van der Waals surface area contributed by atoms with Crippen molar-refractivity contribution in [2.45, 2.75) is 52.0 Å².